The van der Waals surface area contributed by atoms with Gasteiger partial charge in [0.25, 0.3) is 5.91 Å². The van der Waals surface area contributed by atoms with E-state index in [4.69, 9.17) is 4.74 Å². The summed E-state index contributed by atoms with van der Waals surface area (Å²) in [5.74, 6) is 0.173. The number of ether oxygens (including phenoxy) is 1. The van der Waals surface area contributed by atoms with Gasteiger partial charge in [0.1, 0.15) is 11.5 Å². The van der Waals surface area contributed by atoms with Crippen molar-refractivity contribution in [3.05, 3.63) is 59.5 Å². The Labute approximate surface area is 177 Å². The second kappa shape index (κ2) is 8.17. The molecule has 2 aromatic heterocycles. The minimum absolute atomic E-state index is 0.163. The van der Waals surface area contributed by atoms with Crippen molar-refractivity contribution in [2.75, 3.05) is 31.6 Å². The fourth-order valence-corrected chi connectivity index (χ4v) is 3.61. The van der Waals surface area contributed by atoms with Gasteiger partial charge in [0.2, 0.25) is 0 Å². The van der Waals surface area contributed by atoms with Gasteiger partial charge in [-0.3, -0.25) is 15.0 Å². The number of aromatic nitrogens is 3. The number of urea groups is 1. The summed E-state index contributed by atoms with van der Waals surface area (Å²) in [7, 11) is 0. The molecule has 1 aromatic carbocycles. The normalized spacial score (nSPS) is 18.4. The molecule has 0 atom stereocenters. The molecule has 3 aromatic rings. The molecule has 3 amide bonds. The number of hydrogen-bond acceptors (Lipinski definition) is 7. The van der Waals surface area contributed by atoms with Crippen molar-refractivity contribution in [3.8, 4) is 0 Å². The highest BCUT2D eigenvalue weighted by Gasteiger charge is 2.23. The van der Waals surface area contributed by atoms with Crippen LogP contribution in [0.25, 0.3) is 11.7 Å². The molecule has 10 nitrogen and oxygen atoms in total. The third kappa shape index (κ3) is 4.25. The lowest BCUT2D eigenvalue weighted by Gasteiger charge is -2.26. The zero-order valence-electron chi connectivity index (χ0n) is 16.7. The standard InChI is InChI=1S/C21H21N7O3/c29-20-17(24-21(30)26-20)11-15-12-22-28-5-4-18(25-19(15)28)23-16-3-1-2-14(10-16)13-27-6-8-31-9-7-27/h1-5,10-12H,6-9,13H2,(H,23,25)(H2,24,26,29,30). The van der Waals surface area contributed by atoms with Crippen molar-refractivity contribution in [1.82, 2.24) is 30.1 Å². The van der Waals surface area contributed by atoms with E-state index < -0.39 is 11.9 Å². The quantitative estimate of drug-likeness (QED) is 0.424. The molecule has 3 N–H and O–H groups in total. The van der Waals surface area contributed by atoms with Gasteiger partial charge in [0.05, 0.1) is 19.4 Å². The predicted molar refractivity (Wildman–Crippen MR) is 113 cm³/mol. The van der Waals surface area contributed by atoms with Crippen LogP contribution in [0.2, 0.25) is 0 Å². The van der Waals surface area contributed by atoms with Crippen molar-refractivity contribution < 1.29 is 14.3 Å². The number of rotatable bonds is 5. The molecule has 158 valence electrons. The average molecular weight is 419 g/mol. The molecule has 4 heterocycles. The average Bonchev–Trinajstić information content (AvgIpc) is 3.31. The van der Waals surface area contributed by atoms with Crippen molar-refractivity contribution in [3.63, 3.8) is 0 Å². The van der Waals surface area contributed by atoms with E-state index in [-0.39, 0.29) is 5.70 Å². The molecular weight excluding hydrogens is 398 g/mol. The first kappa shape index (κ1) is 19.2. The van der Waals surface area contributed by atoms with E-state index in [1.807, 2.05) is 18.2 Å². The Kier molecular flexibility index (Phi) is 5.06. The number of carbonyl (C=O) groups excluding carboxylic acids is 2. The molecule has 0 spiro atoms. The number of carbonyl (C=O) groups is 2. The number of morpholine rings is 1. The van der Waals surface area contributed by atoms with Crippen LogP contribution in [0.15, 0.2) is 48.4 Å². The largest absolute Gasteiger partial charge is 0.379 e. The monoisotopic (exact) mass is 419 g/mol. The topological polar surface area (TPSA) is 113 Å². The molecule has 5 rings (SSSR count). The summed E-state index contributed by atoms with van der Waals surface area (Å²) < 4.78 is 7.03. The van der Waals surface area contributed by atoms with Gasteiger partial charge in [-0.1, -0.05) is 12.1 Å². The molecular formula is C21H21N7O3. The Morgan fingerprint density at radius 3 is 2.84 bits per heavy atom. The first-order chi connectivity index (χ1) is 15.1. The Bertz CT molecular complexity index is 1180. The molecule has 2 aliphatic rings. The molecule has 2 fully saturated rings. The van der Waals surface area contributed by atoms with Gasteiger partial charge in [0.15, 0.2) is 5.65 Å². The molecule has 0 unspecified atom stereocenters. The number of fused-ring (bicyclic) bond motifs is 1. The van der Waals surface area contributed by atoms with Crippen LogP contribution in [0.4, 0.5) is 16.3 Å². The molecule has 2 aliphatic heterocycles. The van der Waals surface area contributed by atoms with Gasteiger partial charge < -0.3 is 15.4 Å². The predicted octanol–water partition coefficient (Wildman–Crippen LogP) is 1.49. The Morgan fingerprint density at radius 2 is 2.03 bits per heavy atom. The zero-order valence-corrected chi connectivity index (χ0v) is 16.7. The van der Waals surface area contributed by atoms with Gasteiger partial charge in [0, 0.05) is 37.1 Å². The molecule has 0 bridgehead atoms. The van der Waals surface area contributed by atoms with E-state index in [0.29, 0.717) is 17.0 Å². The third-order valence-corrected chi connectivity index (χ3v) is 5.13. The maximum atomic E-state index is 11.8. The Morgan fingerprint density at radius 1 is 1.16 bits per heavy atom. The van der Waals surface area contributed by atoms with Crippen LogP contribution in [0, 0.1) is 0 Å². The smallest absolute Gasteiger partial charge is 0.326 e. The van der Waals surface area contributed by atoms with Crippen LogP contribution in [-0.2, 0) is 16.1 Å². The Balaban J connectivity index is 1.36. The lowest BCUT2D eigenvalue weighted by atomic mass is 10.2. The van der Waals surface area contributed by atoms with Crippen LogP contribution in [0.5, 0.6) is 0 Å². The van der Waals surface area contributed by atoms with Crippen molar-refractivity contribution in [2.24, 2.45) is 0 Å². The minimum Gasteiger partial charge on any atom is -0.379 e. The van der Waals surface area contributed by atoms with Crippen LogP contribution in [0.3, 0.4) is 0 Å². The number of benzene rings is 1. The van der Waals surface area contributed by atoms with E-state index in [1.165, 1.54) is 5.56 Å². The molecule has 2 saturated heterocycles. The Hall–Kier alpha value is -3.76. The van der Waals surface area contributed by atoms with Gasteiger partial charge >= 0.3 is 6.03 Å². The minimum atomic E-state index is -0.542. The summed E-state index contributed by atoms with van der Waals surface area (Å²) in [6, 6.07) is 9.52. The zero-order chi connectivity index (χ0) is 21.2. The summed E-state index contributed by atoms with van der Waals surface area (Å²) in [6.07, 6.45) is 4.94. The summed E-state index contributed by atoms with van der Waals surface area (Å²) >= 11 is 0. The van der Waals surface area contributed by atoms with E-state index in [9.17, 15) is 9.59 Å². The van der Waals surface area contributed by atoms with Crippen molar-refractivity contribution in [1.29, 1.82) is 0 Å². The van der Waals surface area contributed by atoms with Crippen LogP contribution < -0.4 is 16.0 Å². The molecule has 0 saturated carbocycles. The molecule has 10 heteroatoms. The number of anilines is 2. The maximum absolute atomic E-state index is 11.8. The second-order valence-corrected chi connectivity index (χ2v) is 7.36. The number of amides is 3. The second-order valence-electron chi connectivity index (χ2n) is 7.36. The van der Waals surface area contributed by atoms with Crippen molar-refractivity contribution >= 4 is 35.2 Å². The van der Waals surface area contributed by atoms with E-state index in [2.05, 4.69) is 43.1 Å². The first-order valence-corrected chi connectivity index (χ1v) is 9.98. The molecule has 0 aliphatic carbocycles. The van der Waals surface area contributed by atoms with Crippen LogP contribution >= 0.6 is 0 Å². The number of hydrogen-bond donors (Lipinski definition) is 3. The summed E-state index contributed by atoms with van der Waals surface area (Å²) in [4.78, 5) is 30.1. The van der Waals surface area contributed by atoms with Gasteiger partial charge in [-0.05, 0) is 29.8 Å². The highest BCUT2D eigenvalue weighted by Crippen LogP contribution is 2.20. The van der Waals surface area contributed by atoms with E-state index in [1.54, 1.807) is 23.0 Å². The SMILES string of the molecule is O=C1NC(=O)C(=Cc2cnn3ccc(Nc4cccc(CN5CCOCC5)c4)nc23)N1. The first-order valence-electron chi connectivity index (χ1n) is 9.98. The number of nitrogens with zero attached hydrogens (tertiary/aromatic N) is 4. The van der Waals surface area contributed by atoms with Crippen LogP contribution in [-0.4, -0.2) is 57.7 Å². The summed E-state index contributed by atoms with van der Waals surface area (Å²) in [5.41, 5.74) is 3.50. The van der Waals surface area contributed by atoms with Gasteiger partial charge in [-0.2, -0.15) is 5.10 Å². The lowest BCUT2D eigenvalue weighted by Crippen LogP contribution is -2.35. The van der Waals surface area contributed by atoms with Crippen LogP contribution in [0.1, 0.15) is 11.1 Å². The lowest BCUT2D eigenvalue weighted by molar-refractivity contribution is -0.115. The molecule has 31 heavy (non-hydrogen) atoms. The fourth-order valence-electron chi connectivity index (χ4n) is 3.61. The number of nitrogens with one attached hydrogen (secondary N) is 3. The summed E-state index contributed by atoms with van der Waals surface area (Å²) in [6.45, 7) is 4.30. The maximum Gasteiger partial charge on any atom is 0.326 e. The fraction of sp³-hybridized carbons (Fsp3) is 0.238. The molecule has 0 radical (unpaired) electrons. The van der Waals surface area contributed by atoms with Crippen molar-refractivity contribution in [2.45, 2.75) is 6.54 Å². The van der Waals surface area contributed by atoms with Gasteiger partial charge in [-0.25, -0.2) is 14.3 Å². The highest BCUT2D eigenvalue weighted by atomic mass is 16.5. The van der Waals surface area contributed by atoms with E-state index in [0.717, 1.165) is 38.5 Å². The number of imide groups is 1. The van der Waals surface area contributed by atoms with Gasteiger partial charge in [-0.15, -0.1) is 0 Å². The highest BCUT2D eigenvalue weighted by molar-refractivity contribution is 6.14. The van der Waals surface area contributed by atoms with E-state index >= 15 is 0 Å². The third-order valence-electron chi connectivity index (χ3n) is 5.13. The summed E-state index contributed by atoms with van der Waals surface area (Å²) in [5, 5.41) is 12.2.